The third-order valence-electron chi connectivity index (χ3n) is 4.01. The maximum Gasteiger partial charge on any atom is 0.308 e. The van der Waals surface area contributed by atoms with Gasteiger partial charge in [-0.3, -0.25) is 4.79 Å². The third-order valence-corrected chi connectivity index (χ3v) is 4.36. The summed E-state index contributed by atoms with van der Waals surface area (Å²) in [5.74, 6) is 0.187. The summed E-state index contributed by atoms with van der Waals surface area (Å²) < 4.78 is 5.07. The van der Waals surface area contributed by atoms with Crippen LogP contribution in [-0.4, -0.2) is 23.7 Å². The Balaban J connectivity index is 1.80. The standard InChI is InChI=1S/C16H22ClNO3/c1-2-21-16(20)11-6-8-12(9-7-11)18-10-13-14(17)4-3-5-15(13)19/h3-5,11-12,18-19H,2,6-10H2,1H3. The molecular weight excluding hydrogens is 290 g/mol. The van der Waals surface area contributed by atoms with E-state index in [0.717, 1.165) is 31.2 Å². The van der Waals surface area contributed by atoms with Crippen molar-refractivity contribution in [2.75, 3.05) is 6.61 Å². The van der Waals surface area contributed by atoms with E-state index in [9.17, 15) is 9.90 Å². The number of phenols is 1. The molecule has 4 nitrogen and oxygen atoms in total. The van der Waals surface area contributed by atoms with Gasteiger partial charge < -0.3 is 15.2 Å². The van der Waals surface area contributed by atoms with Gasteiger partial charge in [-0.2, -0.15) is 0 Å². The first-order valence-corrected chi connectivity index (χ1v) is 7.86. The second-order valence-corrected chi connectivity index (χ2v) is 5.83. The van der Waals surface area contributed by atoms with Crippen LogP contribution in [0.25, 0.3) is 0 Å². The summed E-state index contributed by atoms with van der Waals surface area (Å²) in [6.45, 7) is 2.82. The Morgan fingerprint density at radius 1 is 1.38 bits per heavy atom. The fourth-order valence-electron chi connectivity index (χ4n) is 2.76. The van der Waals surface area contributed by atoms with E-state index < -0.39 is 0 Å². The summed E-state index contributed by atoms with van der Waals surface area (Å²) in [7, 11) is 0. The van der Waals surface area contributed by atoms with Gasteiger partial charge in [0.15, 0.2) is 0 Å². The fourth-order valence-corrected chi connectivity index (χ4v) is 3.00. The first-order chi connectivity index (χ1) is 10.1. The number of rotatable bonds is 5. The Bertz CT molecular complexity index is 464. The summed E-state index contributed by atoms with van der Waals surface area (Å²) in [4.78, 5) is 11.7. The van der Waals surface area contributed by atoms with Crippen LogP contribution in [0.4, 0.5) is 0 Å². The van der Waals surface area contributed by atoms with E-state index >= 15 is 0 Å². The topological polar surface area (TPSA) is 58.6 Å². The van der Waals surface area contributed by atoms with E-state index in [2.05, 4.69) is 5.32 Å². The van der Waals surface area contributed by atoms with Crippen LogP contribution < -0.4 is 5.32 Å². The lowest BCUT2D eigenvalue weighted by atomic mass is 9.86. The van der Waals surface area contributed by atoms with E-state index in [4.69, 9.17) is 16.3 Å². The highest BCUT2D eigenvalue weighted by Gasteiger charge is 2.27. The van der Waals surface area contributed by atoms with Crippen LogP contribution in [0.15, 0.2) is 18.2 Å². The van der Waals surface area contributed by atoms with E-state index in [1.54, 1.807) is 18.2 Å². The molecule has 2 rings (SSSR count). The fraction of sp³-hybridized carbons (Fsp3) is 0.562. The second kappa shape index (κ2) is 7.66. The Hall–Kier alpha value is -1.26. The molecule has 0 saturated heterocycles. The summed E-state index contributed by atoms with van der Waals surface area (Å²) >= 11 is 6.09. The lowest BCUT2D eigenvalue weighted by molar-refractivity contribution is -0.149. The van der Waals surface area contributed by atoms with Crippen LogP contribution >= 0.6 is 11.6 Å². The Morgan fingerprint density at radius 2 is 2.10 bits per heavy atom. The van der Waals surface area contributed by atoms with Crippen molar-refractivity contribution in [3.8, 4) is 5.75 Å². The molecular formula is C16H22ClNO3. The molecule has 0 amide bonds. The number of esters is 1. The minimum Gasteiger partial charge on any atom is -0.508 e. The summed E-state index contributed by atoms with van der Waals surface area (Å²) in [5.41, 5.74) is 0.728. The molecule has 1 aliphatic rings. The molecule has 116 valence electrons. The van der Waals surface area contributed by atoms with Gasteiger partial charge in [0, 0.05) is 23.2 Å². The molecule has 1 saturated carbocycles. The number of carbonyl (C=O) groups is 1. The van der Waals surface area contributed by atoms with Crippen LogP contribution in [0.2, 0.25) is 5.02 Å². The average molecular weight is 312 g/mol. The number of halogens is 1. The summed E-state index contributed by atoms with van der Waals surface area (Å²) in [5, 5.41) is 13.8. The molecule has 0 heterocycles. The van der Waals surface area contributed by atoms with Gasteiger partial charge in [0.05, 0.1) is 12.5 Å². The Kier molecular flexibility index (Phi) is 5.88. The largest absolute Gasteiger partial charge is 0.508 e. The van der Waals surface area contributed by atoms with Gasteiger partial charge in [0.2, 0.25) is 0 Å². The first kappa shape index (κ1) is 16.1. The van der Waals surface area contributed by atoms with E-state index in [0.29, 0.717) is 24.2 Å². The lowest BCUT2D eigenvalue weighted by Crippen LogP contribution is -2.35. The van der Waals surface area contributed by atoms with Crippen molar-refractivity contribution in [2.45, 2.75) is 45.2 Å². The van der Waals surface area contributed by atoms with Gasteiger partial charge in [0.25, 0.3) is 0 Å². The zero-order valence-electron chi connectivity index (χ0n) is 12.3. The minimum atomic E-state index is -0.0697. The highest BCUT2D eigenvalue weighted by atomic mass is 35.5. The molecule has 0 aliphatic heterocycles. The van der Waals surface area contributed by atoms with Gasteiger partial charge >= 0.3 is 5.97 Å². The third kappa shape index (κ3) is 4.35. The van der Waals surface area contributed by atoms with Crippen molar-refractivity contribution < 1.29 is 14.6 Å². The zero-order chi connectivity index (χ0) is 15.2. The highest BCUT2D eigenvalue weighted by molar-refractivity contribution is 6.31. The van der Waals surface area contributed by atoms with Crippen LogP contribution in [0.1, 0.15) is 38.2 Å². The van der Waals surface area contributed by atoms with Gasteiger partial charge in [-0.15, -0.1) is 0 Å². The second-order valence-electron chi connectivity index (χ2n) is 5.42. The molecule has 0 unspecified atom stereocenters. The van der Waals surface area contributed by atoms with Crippen LogP contribution in [0, 0.1) is 5.92 Å². The predicted molar refractivity (Wildman–Crippen MR) is 82.3 cm³/mol. The first-order valence-electron chi connectivity index (χ1n) is 7.48. The van der Waals surface area contributed by atoms with Gasteiger partial charge in [-0.25, -0.2) is 0 Å². The van der Waals surface area contributed by atoms with Gasteiger partial charge in [0.1, 0.15) is 5.75 Å². The van der Waals surface area contributed by atoms with Crippen LogP contribution in [-0.2, 0) is 16.1 Å². The van der Waals surface area contributed by atoms with Crippen molar-refractivity contribution >= 4 is 17.6 Å². The highest BCUT2D eigenvalue weighted by Crippen LogP contribution is 2.28. The minimum absolute atomic E-state index is 0.0386. The van der Waals surface area contributed by atoms with Crippen LogP contribution in [0.3, 0.4) is 0 Å². The molecule has 5 heteroatoms. The number of benzene rings is 1. The molecule has 1 aromatic rings. The number of ether oxygens (including phenoxy) is 1. The molecule has 1 aliphatic carbocycles. The van der Waals surface area contributed by atoms with Crippen molar-refractivity contribution in [1.29, 1.82) is 0 Å². The van der Waals surface area contributed by atoms with E-state index in [1.165, 1.54) is 0 Å². The molecule has 0 atom stereocenters. The van der Waals surface area contributed by atoms with Crippen molar-refractivity contribution in [2.24, 2.45) is 5.92 Å². The van der Waals surface area contributed by atoms with Gasteiger partial charge in [-0.1, -0.05) is 17.7 Å². The predicted octanol–water partition coefficient (Wildman–Crippen LogP) is 3.26. The number of carbonyl (C=O) groups excluding carboxylic acids is 1. The molecule has 0 spiro atoms. The smallest absolute Gasteiger partial charge is 0.308 e. The summed E-state index contributed by atoms with van der Waals surface area (Å²) in [6.07, 6.45) is 3.58. The summed E-state index contributed by atoms with van der Waals surface area (Å²) in [6, 6.07) is 5.49. The SMILES string of the molecule is CCOC(=O)C1CCC(NCc2c(O)cccc2Cl)CC1. The van der Waals surface area contributed by atoms with Crippen molar-refractivity contribution in [3.05, 3.63) is 28.8 Å². The normalized spacial score (nSPS) is 22.0. The maximum absolute atomic E-state index is 11.7. The number of hydrogen-bond donors (Lipinski definition) is 2. The Labute approximate surface area is 130 Å². The number of nitrogens with one attached hydrogen (secondary N) is 1. The molecule has 2 N–H and O–H groups in total. The molecule has 0 bridgehead atoms. The lowest BCUT2D eigenvalue weighted by Gasteiger charge is -2.28. The van der Waals surface area contributed by atoms with Crippen molar-refractivity contribution in [1.82, 2.24) is 5.32 Å². The monoisotopic (exact) mass is 311 g/mol. The Morgan fingerprint density at radius 3 is 2.71 bits per heavy atom. The molecule has 0 aromatic heterocycles. The number of hydrogen-bond acceptors (Lipinski definition) is 4. The molecule has 1 fully saturated rings. The van der Waals surface area contributed by atoms with E-state index in [-0.39, 0.29) is 17.6 Å². The average Bonchev–Trinajstić information content (AvgIpc) is 2.47. The number of phenolic OH excluding ortho intramolecular Hbond substituents is 1. The quantitative estimate of drug-likeness (QED) is 0.820. The van der Waals surface area contributed by atoms with Gasteiger partial charge in [-0.05, 0) is 44.7 Å². The molecule has 1 aromatic carbocycles. The van der Waals surface area contributed by atoms with Crippen LogP contribution in [0.5, 0.6) is 5.75 Å². The van der Waals surface area contributed by atoms with E-state index in [1.807, 2.05) is 6.92 Å². The number of aromatic hydroxyl groups is 1. The van der Waals surface area contributed by atoms with Crippen molar-refractivity contribution in [3.63, 3.8) is 0 Å². The maximum atomic E-state index is 11.7. The molecule has 21 heavy (non-hydrogen) atoms. The zero-order valence-corrected chi connectivity index (χ0v) is 13.0. The molecule has 0 radical (unpaired) electrons.